The highest BCUT2D eigenvalue weighted by Gasteiger charge is 2.27. The van der Waals surface area contributed by atoms with Crippen LogP contribution in [-0.2, 0) is 0 Å². The quantitative estimate of drug-likeness (QED) is 0.618. The monoisotopic (exact) mass is 301 g/mol. The SMILES string of the molecule is C[C@H](O)c1cc([N+](=O)[O-])c(N2CCN(CCO)CC2)s1. The zero-order chi connectivity index (χ0) is 14.7. The average Bonchev–Trinajstić information content (AvgIpc) is 2.85. The third-order valence-electron chi connectivity index (χ3n) is 3.40. The van der Waals surface area contributed by atoms with Crippen molar-refractivity contribution in [1.29, 1.82) is 0 Å². The Balaban J connectivity index is 2.14. The van der Waals surface area contributed by atoms with E-state index in [0.29, 0.717) is 29.5 Å². The number of nitrogens with zero attached hydrogens (tertiary/aromatic N) is 3. The highest BCUT2D eigenvalue weighted by atomic mass is 32.1. The number of nitro groups is 1. The van der Waals surface area contributed by atoms with Crippen LogP contribution >= 0.6 is 11.3 Å². The molecule has 1 saturated heterocycles. The summed E-state index contributed by atoms with van der Waals surface area (Å²) in [5.41, 5.74) is 0.0708. The van der Waals surface area contributed by atoms with Crippen molar-refractivity contribution in [2.75, 3.05) is 44.2 Å². The van der Waals surface area contributed by atoms with Gasteiger partial charge in [-0.1, -0.05) is 0 Å². The van der Waals surface area contributed by atoms with Crippen LogP contribution in [0.3, 0.4) is 0 Å². The van der Waals surface area contributed by atoms with Crippen LogP contribution in [0.2, 0.25) is 0 Å². The van der Waals surface area contributed by atoms with E-state index in [2.05, 4.69) is 4.90 Å². The molecule has 2 heterocycles. The third kappa shape index (κ3) is 3.26. The number of piperazine rings is 1. The van der Waals surface area contributed by atoms with Gasteiger partial charge in [0.05, 0.1) is 17.6 Å². The average molecular weight is 301 g/mol. The standard InChI is InChI=1S/C12H19N3O4S/c1-9(17)11-8-10(15(18)19)12(20-11)14-4-2-13(3-5-14)6-7-16/h8-9,16-17H,2-7H2,1H3/t9-/m0/s1. The van der Waals surface area contributed by atoms with Crippen molar-refractivity contribution in [2.24, 2.45) is 0 Å². The van der Waals surface area contributed by atoms with Crippen molar-refractivity contribution in [3.63, 3.8) is 0 Å². The van der Waals surface area contributed by atoms with Gasteiger partial charge in [0.25, 0.3) is 0 Å². The Labute approximate surface area is 121 Å². The zero-order valence-electron chi connectivity index (χ0n) is 11.4. The molecule has 1 aromatic rings. The van der Waals surface area contributed by atoms with E-state index in [9.17, 15) is 15.2 Å². The van der Waals surface area contributed by atoms with Crippen LogP contribution in [-0.4, -0.2) is 59.4 Å². The first-order valence-corrected chi connectivity index (χ1v) is 7.39. The summed E-state index contributed by atoms with van der Waals surface area (Å²) in [6, 6.07) is 1.46. The molecule has 0 aliphatic carbocycles. The highest BCUT2D eigenvalue weighted by molar-refractivity contribution is 7.16. The van der Waals surface area contributed by atoms with Gasteiger partial charge in [-0.05, 0) is 6.92 Å². The van der Waals surface area contributed by atoms with Crippen LogP contribution in [0.25, 0.3) is 0 Å². The largest absolute Gasteiger partial charge is 0.395 e. The van der Waals surface area contributed by atoms with Crippen LogP contribution in [0.4, 0.5) is 10.7 Å². The first-order valence-electron chi connectivity index (χ1n) is 6.57. The molecule has 0 unspecified atom stereocenters. The van der Waals surface area contributed by atoms with Gasteiger partial charge in [-0.25, -0.2) is 0 Å². The number of rotatable bonds is 5. The molecule has 0 saturated carbocycles. The van der Waals surface area contributed by atoms with Gasteiger partial charge in [-0.2, -0.15) is 0 Å². The second-order valence-corrected chi connectivity index (χ2v) is 5.89. The number of anilines is 1. The first kappa shape index (κ1) is 15.2. The molecule has 0 radical (unpaired) electrons. The van der Waals surface area contributed by atoms with E-state index in [1.165, 1.54) is 17.4 Å². The summed E-state index contributed by atoms with van der Waals surface area (Å²) in [5, 5.41) is 30.2. The first-order chi connectivity index (χ1) is 9.52. The summed E-state index contributed by atoms with van der Waals surface area (Å²) in [5.74, 6) is 0. The Morgan fingerprint density at radius 1 is 1.45 bits per heavy atom. The molecule has 1 aromatic heterocycles. The topological polar surface area (TPSA) is 90.1 Å². The molecule has 0 spiro atoms. The number of hydrogen-bond donors (Lipinski definition) is 2. The highest BCUT2D eigenvalue weighted by Crippen LogP contribution is 2.40. The summed E-state index contributed by atoms with van der Waals surface area (Å²) in [6.07, 6.45) is -0.692. The van der Waals surface area contributed by atoms with Crippen molar-refractivity contribution in [2.45, 2.75) is 13.0 Å². The van der Waals surface area contributed by atoms with Crippen molar-refractivity contribution in [3.8, 4) is 0 Å². The molecular formula is C12H19N3O4S. The van der Waals surface area contributed by atoms with Crippen LogP contribution in [0.5, 0.6) is 0 Å². The minimum Gasteiger partial charge on any atom is -0.395 e. The van der Waals surface area contributed by atoms with Crippen LogP contribution in [0.1, 0.15) is 17.9 Å². The minimum absolute atomic E-state index is 0.0708. The van der Waals surface area contributed by atoms with E-state index in [0.717, 1.165) is 13.1 Å². The number of aliphatic hydroxyl groups excluding tert-OH is 2. The Kier molecular flexibility index (Phi) is 4.92. The molecule has 2 N–H and O–H groups in total. The Morgan fingerprint density at radius 2 is 2.10 bits per heavy atom. The molecule has 1 aliphatic heterocycles. The minimum atomic E-state index is -0.692. The van der Waals surface area contributed by atoms with Crippen LogP contribution in [0.15, 0.2) is 6.07 Å². The molecule has 7 nitrogen and oxygen atoms in total. The van der Waals surface area contributed by atoms with Crippen molar-refractivity contribution in [1.82, 2.24) is 4.90 Å². The van der Waals surface area contributed by atoms with Crippen LogP contribution in [0, 0.1) is 10.1 Å². The van der Waals surface area contributed by atoms with Gasteiger partial charge in [0.15, 0.2) is 5.00 Å². The summed E-state index contributed by atoms with van der Waals surface area (Å²) < 4.78 is 0. The second-order valence-electron chi connectivity index (χ2n) is 4.82. The molecular weight excluding hydrogens is 282 g/mol. The lowest BCUT2D eigenvalue weighted by atomic mass is 10.3. The fourth-order valence-corrected chi connectivity index (χ4v) is 3.38. The fraction of sp³-hybridized carbons (Fsp3) is 0.667. The molecule has 112 valence electrons. The number of thiophene rings is 1. The van der Waals surface area contributed by atoms with Gasteiger partial charge in [-0.3, -0.25) is 15.0 Å². The van der Waals surface area contributed by atoms with E-state index in [4.69, 9.17) is 5.11 Å². The summed E-state index contributed by atoms with van der Waals surface area (Å²) in [6.45, 7) is 5.32. The van der Waals surface area contributed by atoms with Crippen molar-refractivity contribution >= 4 is 22.0 Å². The van der Waals surface area contributed by atoms with Gasteiger partial charge < -0.3 is 15.1 Å². The molecule has 1 aliphatic rings. The zero-order valence-corrected chi connectivity index (χ0v) is 12.2. The summed E-state index contributed by atoms with van der Waals surface area (Å²) in [4.78, 5) is 15.5. The van der Waals surface area contributed by atoms with E-state index in [1.54, 1.807) is 6.92 Å². The van der Waals surface area contributed by atoms with Crippen molar-refractivity contribution < 1.29 is 15.1 Å². The van der Waals surface area contributed by atoms with Crippen molar-refractivity contribution in [3.05, 3.63) is 21.1 Å². The maximum Gasteiger partial charge on any atom is 0.304 e. The fourth-order valence-electron chi connectivity index (χ4n) is 2.27. The van der Waals surface area contributed by atoms with Gasteiger partial charge in [0.1, 0.15) is 0 Å². The van der Waals surface area contributed by atoms with E-state index in [-0.39, 0.29) is 12.3 Å². The van der Waals surface area contributed by atoms with Gasteiger partial charge in [-0.15, -0.1) is 11.3 Å². The second kappa shape index (κ2) is 6.49. The smallest absolute Gasteiger partial charge is 0.304 e. The molecule has 8 heteroatoms. The predicted octanol–water partition coefficient (Wildman–Crippen LogP) is 0.824. The lowest BCUT2D eigenvalue weighted by molar-refractivity contribution is -0.383. The lowest BCUT2D eigenvalue weighted by Crippen LogP contribution is -2.47. The maximum absolute atomic E-state index is 11.1. The molecule has 20 heavy (non-hydrogen) atoms. The Hall–Kier alpha value is -1.22. The number of β-amino-alcohol motifs (C(OH)–C–C–N with tert-alkyl or cyclic N) is 1. The maximum atomic E-state index is 11.1. The molecule has 0 aromatic carbocycles. The summed E-state index contributed by atoms with van der Waals surface area (Å²) in [7, 11) is 0. The van der Waals surface area contributed by atoms with E-state index < -0.39 is 11.0 Å². The molecule has 0 bridgehead atoms. The van der Waals surface area contributed by atoms with Gasteiger partial charge in [0.2, 0.25) is 0 Å². The van der Waals surface area contributed by atoms with Gasteiger partial charge in [0, 0.05) is 43.7 Å². The lowest BCUT2D eigenvalue weighted by Gasteiger charge is -2.34. The van der Waals surface area contributed by atoms with Gasteiger partial charge >= 0.3 is 5.69 Å². The number of aliphatic hydroxyl groups is 2. The van der Waals surface area contributed by atoms with E-state index in [1.807, 2.05) is 4.90 Å². The predicted molar refractivity (Wildman–Crippen MR) is 77.3 cm³/mol. The summed E-state index contributed by atoms with van der Waals surface area (Å²) >= 11 is 1.28. The Morgan fingerprint density at radius 3 is 2.60 bits per heavy atom. The molecule has 1 fully saturated rings. The molecule has 1 atom stereocenters. The van der Waals surface area contributed by atoms with Crippen LogP contribution < -0.4 is 4.90 Å². The van der Waals surface area contributed by atoms with E-state index >= 15 is 0 Å². The third-order valence-corrected chi connectivity index (χ3v) is 4.75. The molecule has 2 rings (SSSR count). The number of hydrogen-bond acceptors (Lipinski definition) is 7. The Bertz CT molecular complexity index is 469. The molecule has 0 amide bonds. The normalized spacial score (nSPS) is 18.2.